The van der Waals surface area contributed by atoms with Crippen molar-refractivity contribution < 1.29 is 0 Å². The molecule has 0 saturated heterocycles. The highest BCUT2D eigenvalue weighted by Gasteiger charge is 2.04. The third kappa shape index (κ3) is 5.28. The first kappa shape index (κ1) is 16.7. The van der Waals surface area contributed by atoms with Crippen LogP contribution in [0.15, 0.2) is 48.5 Å². The summed E-state index contributed by atoms with van der Waals surface area (Å²) in [7, 11) is 2.17. The van der Waals surface area contributed by atoms with Crippen molar-refractivity contribution in [3.63, 3.8) is 0 Å². The first-order chi connectivity index (χ1) is 10.5. The quantitative estimate of drug-likeness (QED) is 0.826. The predicted molar refractivity (Wildman–Crippen MR) is 94.8 cm³/mol. The Labute approximate surface area is 135 Å². The number of rotatable bonds is 7. The molecule has 0 amide bonds. The summed E-state index contributed by atoms with van der Waals surface area (Å²) in [6.45, 7) is 9.41. The van der Waals surface area contributed by atoms with Gasteiger partial charge < -0.3 is 5.32 Å². The smallest absolute Gasteiger partial charge is 0.0233 e. The largest absolute Gasteiger partial charge is 0.309 e. The molecule has 0 heterocycles. The molecule has 1 N–H and O–H groups in total. The molecule has 0 aliphatic carbocycles. The number of benzene rings is 2. The summed E-state index contributed by atoms with van der Waals surface area (Å²) in [5.41, 5.74) is 5.37. The lowest BCUT2D eigenvalue weighted by atomic mass is 10.1. The SMILES string of the molecule is Cc1ccc(CNCc2cccc(CN(C)C(C)C)c2)cc1. The molecule has 0 bridgehead atoms. The minimum Gasteiger partial charge on any atom is -0.309 e. The normalized spacial score (nSPS) is 11.4. The Hall–Kier alpha value is -1.64. The van der Waals surface area contributed by atoms with Crippen LogP contribution in [-0.2, 0) is 19.6 Å². The third-order valence-electron chi connectivity index (χ3n) is 4.08. The van der Waals surface area contributed by atoms with Crippen LogP contribution < -0.4 is 5.32 Å². The zero-order valence-electron chi connectivity index (χ0n) is 14.3. The highest BCUT2D eigenvalue weighted by Crippen LogP contribution is 2.10. The van der Waals surface area contributed by atoms with E-state index in [0.29, 0.717) is 6.04 Å². The maximum atomic E-state index is 3.53. The van der Waals surface area contributed by atoms with Crippen molar-refractivity contribution in [2.24, 2.45) is 0 Å². The first-order valence-corrected chi connectivity index (χ1v) is 8.09. The fourth-order valence-electron chi connectivity index (χ4n) is 2.37. The van der Waals surface area contributed by atoms with Crippen LogP contribution in [0.5, 0.6) is 0 Å². The fraction of sp³-hybridized carbons (Fsp3) is 0.400. The molecule has 0 aromatic heterocycles. The lowest BCUT2D eigenvalue weighted by molar-refractivity contribution is 0.266. The molecule has 2 nitrogen and oxygen atoms in total. The van der Waals surface area contributed by atoms with Crippen LogP contribution in [0.2, 0.25) is 0 Å². The lowest BCUT2D eigenvalue weighted by Gasteiger charge is -2.21. The van der Waals surface area contributed by atoms with Crippen LogP contribution in [0.3, 0.4) is 0 Å². The van der Waals surface area contributed by atoms with E-state index < -0.39 is 0 Å². The van der Waals surface area contributed by atoms with Crippen LogP contribution in [0.25, 0.3) is 0 Å². The van der Waals surface area contributed by atoms with E-state index >= 15 is 0 Å². The van der Waals surface area contributed by atoms with Crippen molar-refractivity contribution in [2.45, 2.75) is 46.4 Å². The van der Waals surface area contributed by atoms with Gasteiger partial charge in [-0.2, -0.15) is 0 Å². The van der Waals surface area contributed by atoms with Crippen molar-refractivity contribution in [1.29, 1.82) is 0 Å². The van der Waals surface area contributed by atoms with E-state index in [-0.39, 0.29) is 0 Å². The van der Waals surface area contributed by atoms with Crippen LogP contribution in [0, 0.1) is 6.92 Å². The van der Waals surface area contributed by atoms with E-state index in [2.05, 4.69) is 86.6 Å². The van der Waals surface area contributed by atoms with Gasteiger partial charge in [0.25, 0.3) is 0 Å². The van der Waals surface area contributed by atoms with Gasteiger partial charge in [-0.05, 0) is 44.5 Å². The Morgan fingerprint density at radius 1 is 0.909 bits per heavy atom. The maximum absolute atomic E-state index is 3.53. The van der Waals surface area contributed by atoms with Crippen molar-refractivity contribution >= 4 is 0 Å². The highest BCUT2D eigenvalue weighted by atomic mass is 15.1. The predicted octanol–water partition coefficient (Wildman–Crippen LogP) is 4.13. The van der Waals surface area contributed by atoms with Crippen LogP contribution in [0.4, 0.5) is 0 Å². The number of hydrogen-bond donors (Lipinski definition) is 1. The second-order valence-corrected chi connectivity index (χ2v) is 6.42. The Kier molecular flexibility index (Phi) is 6.17. The van der Waals surface area contributed by atoms with Crippen molar-refractivity contribution in [2.75, 3.05) is 7.05 Å². The van der Waals surface area contributed by atoms with E-state index in [4.69, 9.17) is 0 Å². The van der Waals surface area contributed by atoms with Gasteiger partial charge in [-0.1, -0.05) is 54.1 Å². The van der Waals surface area contributed by atoms with Gasteiger partial charge in [-0.3, -0.25) is 4.90 Å². The zero-order valence-corrected chi connectivity index (χ0v) is 14.3. The van der Waals surface area contributed by atoms with E-state index in [0.717, 1.165) is 19.6 Å². The molecule has 0 fully saturated rings. The molecular formula is C20H28N2. The Morgan fingerprint density at radius 2 is 1.55 bits per heavy atom. The van der Waals surface area contributed by atoms with Gasteiger partial charge in [0.15, 0.2) is 0 Å². The van der Waals surface area contributed by atoms with E-state index in [1.165, 1.54) is 22.3 Å². The van der Waals surface area contributed by atoms with Crippen molar-refractivity contribution in [3.8, 4) is 0 Å². The van der Waals surface area contributed by atoms with Crippen molar-refractivity contribution in [3.05, 3.63) is 70.8 Å². The number of aryl methyl sites for hydroxylation is 1. The van der Waals surface area contributed by atoms with Crippen LogP contribution >= 0.6 is 0 Å². The summed E-state index contributed by atoms with van der Waals surface area (Å²) in [5, 5.41) is 3.53. The van der Waals surface area contributed by atoms with Gasteiger partial charge in [-0.15, -0.1) is 0 Å². The highest BCUT2D eigenvalue weighted by molar-refractivity contribution is 5.24. The average Bonchev–Trinajstić information content (AvgIpc) is 2.49. The Balaban J connectivity index is 1.86. The summed E-state index contributed by atoms with van der Waals surface area (Å²) >= 11 is 0. The van der Waals surface area contributed by atoms with Gasteiger partial charge in [0, 0.05) is 25.7 Å². The fourth-order valence-corrected chi connectivity index (χ4v) is 2.37. The molecule has 2 aromatic carbocycles. The molecule has 2 heteroatoms. The van der Waals surface area contributed by atoms with Gasteiger partial charge in [0.05, 0.1) is 0 Å². The molecule has 0 spiro atoms. The second kappa shape index (κ2) is 8.11. The summed E-state index contributed by atoms with van der Waals surface area (Å²) < 4.78 is 0. The van der Waals surface area contributed by atoms with Gasteiger partial charge >= 0.3 is 0 Å². The number of hydrogen-bond acceptors (Lipinski definition) is 2. The number of nitrogens with zero attached hydrogens (tertiary/aromatic N) is 1. The van der Waals surface area contributed by atoms with Crippen LogP contribution in [0.1, 0.15) is 36.1 Å². The average molecular weight is 296 g/mol. The number of nitrogens with one attached hydrogen (secondary N) is 1. The standard InChI is InChI=1S/C20H28N2/c1-16(2)22(4)15-20-7-5-6-19(12-20)14-21-13-18-10-8-17(3)9-11-18/h5-12,16,21H,13-15H2,1-4H3. The van der Waals surface area contributed by atoms with E-state index in [1.54, 1.807) is 0 Å². The molecule has 2 rings (SSSR count). The molecule has 0 radical (unpaired) electrons. The Bertz CT molecular complexity index is 573. The zero-order chi connectivity index (χ0) is 15.9. The van der Waals surface area contributed by atoms with Crippen molar-refractivity contribution in [1.82, 2.24) is 10.2 Å². The lowest BCUT2D eigenvalue weighted by Crippen LogP contribution is -2.25. The molecule has 2 aromatic rings. The molecule has 0 saturated carbocycles. The monoisotopic (exact) mass is 296 g/mol. The van der Waals surface area contributed by atoms with Crippen LogP contribution in [-0.4, -0.2) is 18.0 Å². The van der Waals surface area contributed by atoms with E-state index in [9.17, 15) is 0 Å². The molecule has 0 atom stereocenters. The molecule has 0 aliphatic heterocycles. The Morgan fingerprint density at radius 3 is 2.23 bits per heavy atom. The minimum atomic E-state index is 0.573. The van der Waals surface area contributed by atoms with E-state index in [1.807, 2.05) is 0 Å². The third-order valence-corrected chi connectivity index (χ3v) is 4.08. The molecule has 118 valence electrons. The molecular weight excluding hydrogens is 268 g/mol. The molecule has 0 aliphatic rings. The summed E-state index contributed by atoms with van der Waals surface area (Å²) in [5.74, 6) is 0. The summed E-state index contributed by atoms with van der Waals surface area (Å²) in [6, 6.07) is 18.2. The van der Waals surface area contributed by atoms with Gasteiger partial charge in [-0.25, -0.2) is 0 Å². The summed E-state index contributed by atoms with van der Waals surface area (Å²) in [6.07, 6.45) is 0. The first-order valence-electron chi connectivity index (χ1n) is 8.09. The molecule has 22 heavy (non-hydrogen) atoms. The topological polar surface area (TPSA) is 15.3 Å². The minimum absolute atomic E-state index is 0.573. The summed E-state index contributed by atoms with van der Waals surface area (Å²) in [4.78, 5) is 2.36. The molecule has 0 unspecified atom stereocenters. The van der Waals surface area contributed by atoms with Gasteiger partial charge in [0.1, 0.15) is 0 Å². The maximum Gasteiger partial charge on any atom is 0.0233 e. The second-order valence-electron chi connectivity index (χ2n) is 6.42. The van der Waals surface area contributed by atoms with Gasteiger partial charge in [0.2, 0.25) is 0 Å².